The molecule has 2 heterocycles. The molecule has 0 aromatic carbocycles. The number of esters is 1. The Labute approximate surface area is 179 Å². The zero-order valence-electron chi connectivity index (χ0n) is 18.1. The van der Waals surface area contributed by atoms with Gasteiger partial charge in [-0.1, -0.05) is 6.58 Å². The Morgan fingerprint density at radius 2 is 2.03 bits per heavy atom. The summed E-state index contributed by atoms with van der Waals surface area (Å²) < 4.78 is 26.7. The number of pyridine rings is 2. The third-order valence-corrected chi connectivity index (χ3v) is 4.57. The first-order valence-corrected chi connectivity index (χ1v) is 10.1. The summed E-state index contributed by atoms with van der Waals surface area (Å²) in [6.45, 7) is 10.7. The Morgan fingerprint density at radius 1 is 1.35 bits per heavy atom. The fourth-order valence-electron chi connectivity index (χ4n) is 3.06. The molecular weight excluding hydrogens is 405 g/mol. The maximum Gasteiger partial charge on any atom is 0.407 e. The van der Waals surface area contributed by atoms with Gasteiger partial charge in [-0.2, -0.15) is 0 Å². The summed E-state index contributed by atoms with van der Waals surface area (Å²) in [5.74, 6) is -1.52. The Kier molecular flexibility index (Phi) is 6.15. The van der Waals surface area contributed by atoms with Crippen LogP contribution in [0.3, 0.4) is 0 Å². The van der Waals surface area contributed by atoms with Crippen LogP contribution in [0.4, 0.5) is 9.18 Å². The Hall–Kier alpha value is -3.23. The smallest absolute Gasteiger partial charge is 0.407 e. The van der Waals surface area contributed by atoms with E-state index in [0.717, 1.165) is 18.9 Å². The summed E-state index contributed by atoms with van der Waals surface area (Å²) >= 11 is 0. The predicted octanol–water partition coefficient (Wildman–Crippen LogP) is 3.59. The number of ether oxygens (including phenoxy) is 2. The summed E-state index contributed by atoms with van der Waals surface area (Å²) in [5, 5.41) is 2.51. The van der Waals surface area contributed by atoms with Crippen molar-refractivity contribution in [2.45, 2.75) is 52.2 Å². The van der Waals surface area contributed by atoms with Crippen molar-refractivity contribution in [3.8, 4) is 0 Å². The summed E-state index contributed by atoms with van der Waals surface area (Å²) in [5.41, 5.74) is -1.05. The lowest BCUT2D eigenvalue weighted by molar-refractivity contribution is 0.0518. The predicted molar refractivity (Wildman–Crippen MR) is 113 cm³/mol. The molecule has 8 nitrogen and oxygen atoms in total. The number of nitrogens with one attached hydrogen (secondary N) is 1. The number of carbonyl (C=O) groups is 2. The van der Waals surface area contributed by atoms with Crippen LogP contribution < -0.4 is 10.7 Å². The van der Waals surface area contributed by atoms with Crippen molar-refractivity contribution in [2.24, 2.45) is 0 Å². The van der Waals surface area contributed by atoms with E-state index in [1.807, 2.05) is 0 Å². The van der Waals surface area contributed by atoms with Crippen molar-refractivity contribution in [1.82, 2.24) is 14.9 Å². The van der Waals surface area contributed by atoms with Crippen LogP contribution in [-0.2, 0) is 9.47 Å². The average Bonchev–Trinajstić information content (AvgIpc) is 3.50. The van der Waals surface area contributed by atoms with E-state index in [4.69, 9.17) is 9.47 Å². The highest BCUT2D eigenvalue weighted by Gasteiger charge is 2.29. The first-order valence-electron chi connectivity index (χ1n) is 10.1. The van der Waals surface area contributed by atoms with Crippen LogP contribution in [0.25, 0.3) is 16.6 Å². The molecule has 3 rings (SSSR count). The maximum atomic E-state index is 14.8. The van der Waals surface area contributed by atoms with Gasteiger partial charge in [0.1, 0.15) is 28.3 Å². The van der Waals surface area contributed by atoms with Crippen LogP contribution in [0.1, 0.15) is 62.6 Å². The number of hydrogen-bond acceptors (Lipinski definition) is 6. The van der Waals surface area contributed by atoms with Crippen molar-refractivity contribution in [1.29, 1.82) is 0 Å². The van der Waals surface area contributed by atoms with Crippen LogP contribution in [0, 0.1) is 5.82 Å². The molecule has 0 unspecified atom stereocenters. The lowest BCUT2D eigenvalue weighted by Crippen LogP contribution is -2.33. The highest BCUT2D eigenvalue weighted by Crippen LogP contribution is 2.37. The molecule has 1 aliphatic rings. The van der Waals surface area contributed by atoms with E-state index in [1.54, 1.807) is 32.3 Å². The number of fused-ring (bicyclic) bond motifs is 1. The van der Waals surface area contributed by atoms with Crippen molar-refractivity contribution in [2.75, 3.05) is 13.2 Å². The molecule has 0 saturated heterocycles. The minimum atomic E-state index is -0.774. The third kappa shape index (κ3) is 5.10. The van der Waals surface area contributed by atoms with E-state index >= 15 is 0 Å². The van der Waals surface area contributed by atoms with Crippen molar-refractivity contribution in [3.63, 3.8) is 0 Å². The number of carbonyl (C=O) groups excluding carboxylic acids is 2. The number of nitrogens with zero attached hydrogens (tertiary/aromatic N) is 2. The van der Waals surface area contributed by atoms with Crippen molar-refractivity contribution in [3.05, 3.63) is 46.1 Å². The van der Waals surface area contributed by atoms with Crippen LogP contribution in [0.5, 0.6) is 0 Å². The second kappa shape index (κ2) is 8.49. The largest absolute Gasteiger partial charge is 0.462 e. The Morgan fingerprint density at radius 3 is 2.61 bits per heavy atom. The van der Waals surface area contributed by atoms with Gasteiger partial charge in [0.2, 0.25) is 5.43 Å². The molecule has 2 aromatic heterocycles. The lowest BCUT2D eigenvalue weighted by atomic mass is 10.1. The molecule has 0 bridgehead atoms. The molecule has 0 radical (unpaired) electrons. The van der Waals surface area contributed by atoms with Gasteiger partial charge >= 0.3 is 12.1 Å². The zero-order valence-corrected chi connectivity index (χ0v) is 18.1. The third-order valence-electron chi connectivity index (χ3n) is 4.57. The minimum absolute atomic E-state index is 0.00777. The SMILES string of the molecule is C=C(CNC(=O)OC(C)(C)C)c1nc2c(cc1F)c(=O)c(C(=O)OCC)cn2C1CC1. The van der Waals surface area contributed by atoms with E-state index in [0.29, 0.717) is 0 Å². The van der Waals surface area contributed by atoms with Gasteiger partial charge in [0.25, 0.3) is 0 Å². The molecule has 1 N–H and O–H groups in total. The molecule has 1 fully saturated rings. The summed E-state index contributed by atoms with van der Waals surface area (Å²) in [7, 11) is 0. The van der Waals surface area contributed by atoms with Gasteiger partial charge in [-0.05, 0) is 52.2 Å². The van der Waals surface area contributed by atoms with Crippen LogP contribution in [0.15, 0.2) is 23.6 Å². The molecule has 2 aromatic rings. The number of rotatable bonds is 6. The van der Waals surface area contributed by atoms with Gasteiger partial charge in [-0.3, -0.25) is 4.79 Å². The molecule has 0 atom stereocenters. The summed E-state index contributed by atoms with van der Waals surface area (Å²) in [6, 6.07) is 1.12. The summed E-state index contributed by atoms with van der Waals surface area (Å²) in [4.78, 5) is 41.2. The molecule has 0 aliphatic heterocycles. The first kappa shape index (κ1) is 22.5. The molecule has 31 heavy (non-hydrogen) atoms. The van der Waals surface area contributed by atoms with Crippen molar-refractivity contribution < 1.29 is 23.5 Å². The monoisotopic (exact) mass is 431 g/mol. The molecular formula is C22H26FN3O5. The number of aromatic nitrogens is 2. The molecule has 1 saturated carbocycles. The second-order valence-electron chi connectivity index (χ2n) is 8.38. The Balaban J connectivity index is 1.97. The number of hydrogen-bond donors (Lipinski definition) is 1. The number of alkyl carbamates (subject to hydrolysis) is 1. The Bertz CT molecular complexity index is 1110. The van der Waals surface area contributed by atoms with E-state index in [1.165, 1.54) is 6.20 Å². The highest BCUT2D eigenvalue weighted by atomic mass is 19.1. The van der Waals surface area contributed by atoms with E-state index in [-0.39, 0.29) is 47.1 Å². The van der Waals surface area contributed by atoms with Gasteiger partial charge in [-0.15, -0.1) is 0 Å². The maximum absolute atomic E-state index is 14.8. The van der Waals surface area contributed by atoms with Crippen molar-refractivity contribution >= 4 is 28.7 Å². The quantitative estimate of drug-likeness (QED) is 0.702. The molecule has 166 valence electrons. The first-order chi connectivity index (χ1) is 14.5. The standard InChI is InChI=1S/C22H26FN3O5/c1-6-30-20(28)15-11-26(13-7-8-13)19-14(18(15)27)9-16(23)17(25-19)12(2)10-24-21(29)31-22(3,4)5/h9,11,13H,2,6-8,10H2,1,3-5H3,(H,24,29). The van der Waals surface area contributed by atoms with Gasteiger partial charge in [-0.25, -0.2) is 19.0 Å². The van der Waals surface area contributed by atoms with Crippen LogP contribution >= 0.6 is 0 Å². The summed E-state index contributed by atoms with van der Waals surface area (Å²) in [6.07, 6.45) is 2.48. The average molecular weight is 431 g/mol. The normalized spacial score (nSPS) is 13.7. The van der Waals surface area contributed by atoms with Crippen LogP contribution in [-0.4, -0.2) is 40.4 Å². The number of halogens is 1. The lowest BCUT2D eigenvalue weighted by Gasteiger charge is -2.20. The number of amides is 1. The van der Waals surface area contributed by atoms with Gasteiger partial charge in [0.05, 0.1) is 12.0 Å². The molecule has 9 heteroatoms. The topological polar surface area (TPSA) is 99.5 Å². The van der Waals surface area contributed by atoms with Gasteiger partial charge < -0.3 is 19.4 Å². The van der Waals surface area contributed by atoms with E-state index in [2.05, 4.69) is 16.9 Å². The fourth-order valence-corrected chi connectivity index (χ4v) is 3.06. The van der Waals surface area contributed by atoms with Crippen LogP contribution in [0.2, 0.25) is 0 Å². The highest BCUT2D eigenvalue weighted by molar-refractivity contribution is 5.93. The zero-order chi connectivity index (χ0) is 22.9. The molecule has 1 amide bonds. The van der Waals surface area contributed by atoms with Gasteiger partial charge in [0.15, 0.2) is 0 Å². The molecule has 1 aliphatic carbocycles. The minimum Gasteiger partial charge on any atom is -0.462 e. The van der Waals surface area contributed by atoms with E-state index < -0.39 is 28.9 Å². The van der Waals surface area contributed by atoms with Gasteiger partial charge in [0, 0.05) is 18.8 Å². The fraction of sp³-hybridized carbons (Fsp3) is 0.455. The second-order valence-corrected chi connectivity index (χ2v) is 8.38. The molecule has 0 spiro atoms. The van der Waals surface area contributed by atoms with E-state index in [9.17, 15) is 18.8 Å².